The maximum Gasteiger partial charge on any atom is 0.323 e. The van der Waals surface area contributed by atoms with Gasteiger partial charge in [0.05, 0.1) is 0 Å². The molecule has 2 heterocycles. The molecular formula is C12H12ClN3O. The standard InChI is InChI=1S/C12H12ClN3O/c1-8-6-9-4-2-3-5-10(9)16(8)12-15-14-11(7-13)17-12/h2-5,8H,6-7H2,1H3. The minimum absolute atomic E-state index is 0.247. The second-order valence-electron chi connectivity index (χ2n) is 4.16. The van der Waals surface area contributed by atoms with Crippen LogP contribution in [0.3, 0.4) is 0 Å². The highest BCUT2D eigenvalue weighted by atomic mass is 35.5. The van der Waals surface area contributed by atoms with Gasteiger partial charge in [0.1, 0.15) is 5.88 Å². The minimum atomic E-state index is 0.247. The fourth-order valence-corrected chi connectivity index (χ4v) is 2.36. The third kappa shape index (κ3) is 1.69. The van der Waals surface area contributed by atoms with E-state index >= 15 is 0 Å². The molecule has 0 N–H and O–H groups in total. The first-order valence-corrected chi connectivity index (χ1v) is 6.08. The number of fused-ring (bicyclic) bond motifs is 1. The molecule has 0 fully saturated rings. The normalized spacial score (nSPS) is 18.5. The molecule has 0 amide bonds. The number of benzene rings is 1. The van der Waals surface area contributed by atoms with Gasteiger partial charge < -0.3 is 4.42 Å². The average Bonchev–Trinajstić information content (AvgIpc) is 2.91. The van der Waals surface area contributed by atoms with Gasteiger partial charge in [0.2, 0.25) is 5.89 Å². The van der Waals surface area contributed by atoms with Crippen molar-refractivity contribution in [3.63, 3.8) is 0 Å². The Labute approximate surface area is 104 Å². The van der Waals surface area contributed by atoms with Crippen molar-refractivity contribution in [2.45, 2.75) is 25.3 Å². The maximum atomic E-state index is 5.67. The highest BCUT2D eigenvalue weighted by Crippen LogP contribution is 2.37. The van der Waals surface area contributed by atoms with Crippen molar-refractivity contribution in [1.29, 1.82) is 0 Å². The molecule has 1 atom stereocenters. The molecule has 2 aromatic rings. The molecule has 1 aliphatic heterocycles. The molecule has 0 spiro atoms. The van der Waals surface area contributed by atoms with Gasteiger partial charge in [-0.25, -0.2) is 0 Å². The van der Waals surface area contributed by atoms with Crippen LogP contribution in [0, 0.1) is 0 Å². The Morgan fingerprint density at radius 1 is 1.41 bits per heavy atom. The average molecular weight is 250 g/mol. The smallest absolute Gasteiger partial charge is 0.323 e. The molecule has 1 aromatic heterocycles. The summed E-state index contributed by atoms with van der Waals surface area (Å²) >= 11 is 5.67. The second kappa shape index (κ2) is 4.04. The van der Waals surface area contributed by atoms with Gasteiger partial charge in [-0.05, 0) is 25.0 Å². The van der Waals surface area contributed by atoms with E-state index in [0.29, 0.717) is 17.9 Å². The van der Waals surface area contributed by atoms with Gasteiger partial charge in [0.25, 0.3) is 0 Å². The van der Waals surface area contributed by atoms with Crippen LogP contribution >= 0.6 is 11.6 Å². The highest BCUT2D eigenvalue weighted by molar-refractivity contribution is 6.16. The Morgan fingerprint density at radius 3 is 3.00 bits per heavy atom. The molecule has 0 aliphatic carbocycles. The Bertz CT molecular complexity index is 540. The molecule has 0 bridgehead atoms. The SMILES string of the molecule is CC1Cc2ccccc2N1c1nnc(CCl)o1. The summed E-state index contributed by atoms with van der Waals surface area (Å²) in [5.74, 6) is 0.704. The summed E-state index contributed by atoms with van der Waals surface area (Å²) in [6, 6.07) is 9.12. The van der Waals surface area contributed by atoms with Crippen LogP contribution in [0.25, 0.3) is 0 Å². The molecule has 1 aliphatic rings. The van der Waals surface area contributed by atoms with Gasteiger partial charge in [0, 0.05) is 11.7 Å². The monoisotopic (exact) mass is 249 g/mol. The molecule has 0 saturated heterocycles. The summed E-state index contributed by atoms with van der Waals surface area (Å²) < 4.78 is 5.52. The lowest BCUT2D eigenvalue weighted by Crippen LogP contribution is -2.24. The van der Waals surface area contributed by atoms with Crippen LogP contribution in [0.15, 0.2) is 28.7 Å². The number of para-hydroxylation sites is 1. The van der Waals surface area contributed by atoms with Gasteiger partial charge in [-0.1, -0.05) is 23.3 Å². The molecule has 1 unspecified atom stereocenters. The topological polar surface area (TPSA) is 42.2 Å². The number of halogens is 1. The van der Waals surface area contributed by atoms with Crippen molar-refractivity contribution in [1.82, 2.24) is 10.2 Å². The van der Waals surface area contributed by atoms with E-state index in [-0.39, 0.29) is 5.88 Å². The summed E-state index contributed by atoms with van der Waals surface area (Å²) in [5.41, 5.74) is 2.45. The third-order valence-electron chi connectivity index (χ3n) is 2.98. The molecule has 0 radical (unpaired) electrons. The van der Waals surface area contributed by atoms with Gasteiger partial charge in [-0.15, -0.1) is 16.7 Å². The fraction of sp³-hybridized carbons (Fsp3) is 0.333. The van der Waals surface area contributed by atoms with Crippen molar-refractivity contribution in [2.75, 3.05) is 4.90 Å². The van der Waals surface area contributed by atoms with Crippen LogP contribution in [0.1, 0.15) is 18.4 Å². The Kier molecular flexibility index (Phi) is 2.52. The van der Waals surface area contributed by atoms with Crippen molar-refractivity contribution >= 4 is 23.3 Å². The lowest BCUT2D eigenvalue weighted by Gasteiger charge is -2.19. The third-order valence-corrected chi connectivity index (χ3v) is 3.21. The van der Waals surface area contributed by atoms with Crippen molar-refractivity contribution in [3.8, 4) is 0 Å². The number of aromatic nitrogens is 2. The van der Waals surface area contributed by atoms with E-state index in [1.165, 1.54) is 5.56 Å². The molecule has 17 heavy (non-hydrogen) atoms. The summed E-state index contributed by atoms with van der Waals surface area (Å²) in [6.45, 7) is 2.14. The summed E-state index contributed by atoms with van der Waals surface area (Å²) in [4.78, 5) is 2.07. The number of anilines is 2. The highest BCUT2D eigenvalue weighted by Gasteiger charge is 2.30. The molecule has 4 nitrogen and oxygen atoms in total. The van der Waals surface area contributed by atoms with Gasteiger partial charge in [0.15, 0.2) is 0 Å². The van der Waals surface area contributed by atoms with Crippen molar-refractivity contribution in [2.24, 2.45) is 0 Å². The van der Waals surface area contributed by atoms with Crippen LogP contribution in [0.5, 0.6) is 0 Å². The van der Waals surface area contributed by atoms with Crippen LogP contribution in [-0.2, 0) is 12.3 Å². The molecule has 88 valence electrons. The molecule has 3 rings (SSSR count). The quantitative estimate of drug-likeness (QED) is 0.768. The van der Waals surface area contributed by atoms with Crippen LogP contribution in [0.2, 0.25) is 0 Å². The fourth-order valence-electron chi connectivity index (χ4n) is 2.25. The number of hydrogen-bond acceptors (Lipinski definition) is 4. The lowest BCUT2D eigenvalue weighted by atomic mass is 10.1. The molecule has 1 aromatic carbocycles. The van der Waals surface area contributed by atoms with E-state index in [0.717, 1.165) is 12.1 Å². The first-order chi connectivity index (χ1) is 8.29. The van der Waals surface area contributed by atoms with E-state index in [2.05, 4.69) is 34.2 Å². The molecule has 0 saturated carbocycles. The van der Waals surface area contributed by atoms with Gasteiger partial charge in [-0.2, -0.15) is 0 Å². The lowest BCUT2D eigenvalue weighted by molar-refractivity contribution is 0.504. The van der Waals surface area contributed by atoms with E-state index in [1.54, 1.807) is 0 Å². The van der Waals surface area contributed by atoms with Gasteiger partial charge in [-0.3, -0.25) is 4.90 Å². The zero-order valence-corrected chi connectivity index (χ0v) is 10.2. The predicted octanol–water partition coefficient (Wildman–Crippen LogP) is 2.89. The zero-order valence-electron chi connectivity index (χ0n) is 9.43. The van der Waals surface area contributed by atoms with Crippen LogP contribution < -0.4 is 4.90 Å². The first kappa shape index (κ1) is 10.6. The van der Waals surface area contributed by atoms with E-state index in [9.17, 15) is 0 Å². The molecular weight excluding hydrogens is 238 g/mol. The minimum Gasteiger partial charge on any atom is -0.406 e. The number of rotatable bonds is 2. The van der Waals surface area contributed by atoms with E-state index in [1.807, 2.05) is 12.1 Å². The van der Waals surface area contributed by atoms with E-state index in [4.69, 9.17) is 16.0 Å². The summed E-state index contributed by atoms with van der Waals surface area (Å²) in [6.07, 6.45) is 0.995. The Balaban J connectivity index is 2.03. The van der Waals surface area contributed by atoms with Crippen molar-refractivity contribution < 1.29 is 4.42 Å². The predicted molar refractivity (Wildman–Crippen MR) is 65.6 cm³/mol. The van der Waals surface area contributed by atoms with Crippen LogP contribution in [-0.4, -0.2) is 16.2 Å². The zero-order chi connectivity index (χ0) is 11.8. The number of nitrogens with zero attached hydrogens (tertiary/aromatic N) is 3. The summed E-state index contributed by atoms with van der Waals surface area (Å²) in [5, 5.41) is 7.94. The van der Waals surface area contributed by atoms with Gasteiger partial charge >= 0.3 is 6.01 Å². The molecule has 5 heteroatoms. The summed E-state index contributed by atoms with van der Waals surface area (Å²) in [7, 11) is 0. The van der Waals surface area contributed by atoms with Crippen molar-refractivity contribution in [3.05, 3.63) is 35.7 Å². The number of hydrogen-bond donors (Lipinski definition) is 0. The van der Waals surface area contributed by atoms with Crippen LogP contribution in [0.4, 0.5) is 11.7 Å². The largest absolute Gasteiger partial charge is 0.406 e. The number of alkyl halides is 1. The Hall–Kier alpha value is -1.55. The maximum absolute atomic E-state index is 5.67. The Morgan fingerprint density at radius 2 is 2.24 bits per heavy atom. The second-order valence-corrected chi connectivity index (χ2v) is 4.43. The first-order valence-electron chi connectivity index (χ1n) is 5.55. The van der Waals surface area contributed by atoms with E-state index < -0.39 is 0 Å².